The van der Waals surface area contributed by atoms with Crippen LogP contribution in [0.1, 0.15) is 36.8 Å². The molecule has 0 saturated carbocycles. The van der Waals surface area contributed by atoms with Gasteiger partial charge in [0.15, 0.2) is 0 Å². The first-order chi connectivity index (χ1) is 10.8. The van der Waals surface area contributed by atoms with Crippen molar-refractivity contribution in [2.24, 2.45) is 0 Å². The average molecular weight is 295 g/mol. The number of carbonyl (C=O) groups excluding carboxylic acids is 1. The maximum atomic E-state index is 12.2. The van der Waals surface area contributed by atoms with Gasteiger partial charge in [0.05, 0.1) is 6.61 Å². The predicted octanol–water partition coefficient (Wildman–Crippen LogP) is 4.14. The molecule has 1 N–H and O–H groups in total. The van der Waals surface area contributed by atoms with Gasteiger partial charge >= 0.3 is 0 Å². The molecule has 22 heavy (non-hydrogen) atoms. The van der Waals surface area contributed by atoms with Gasteiger partial charge in [-0.25, -0.2) is 0 Å². The summed E-state index contributed by atoms with van der Waals surface area (Å²) in [6.07, 6.45) is 2.69. The molecule has 0 bridgehead atoms. The summed E-state index contributed by atoms with van der Waals surface area (Å²) in [6, 6.07) is 16.0. The van der Waals surface area contributed by atoms with Gasteiger partial charge in [0.25, 0.3) is 0 Å². The van der Waals surface area contributed by atoms with Gasteiger partial charge in [0, 0.05) is 12.1 Å². The fourth-order valence-electron chi connectivity index (χ4n) is 3.09. The fourth-order valence-corrected chi connectivity index (χ4v) is 3.09. The summed E-state index contributed by atoms with van der Waals surface area (Å²) in [4.78, 5) is 12.2. The van der Waals surface area contributed by atoms with E-state index >= 15 is 0 Å². The lowest BCUT2D eigenvalue weighted by Gasteiger charge is -2.12. The predicted molar refractivity (Wildman–Crippen MR) is 88.4 cm³/mol. The van der Waals surface area contributed by atoms with Crippen LogP contribution in [0.25, 0.3) is 0 Å². The second kappa shape index (κ2) is 6.65. The SMILES string of the molecule is CCOc1ccc(NC(=O)CC2CCc3ccccc32)cc1. The van der Waals surface area contributed by atoms with Crippen molar-refractivity contribution in [1.82, 2.24) is 0 Å². The van der Waals surface area contributed by atoms with Crippen LogP contribution in [0.3, 0.4) is 0 Å². The number of benzene rings is 2. The van der Waals surface area contributed by atoms with Gasteiger partial charge in [-0.15, -0.1) is 0 Å². The van der Waals surface area contributed by atoms with E-state index in [1.165, 1.54) is 11.1 Å². The van der Waals surface area contributed by atoms with E-state index in [-0.39, 0.29) is 5.91 Å². The highest BCUT2D eigenvalue weighted by Crippen LogP contribution is 2.35. The molecular weight excluding hydrogens is 274 g/mol. The van der Waals surface area contributed by atoms with Crippen molar-refractivity contribution >= 4 is 11.6 Å². The van der Waals surface area contributed by atoms with Crippen molar-refractivity contribution < 1.29 is 9.53 Å². The Bertz CT molecular complexity index is 649. The van der Waals surface area contributed by atoms with Crippen molar-refractivity contribution in [3.8, 4) is 5.75 Å². The molecule has 3 rings (SSSR count). The van der Waals surface area contributed by atoms with Crippen LogP contribution in [0.4, 0.5) is 5.69 Å². The van der Waals surface area contributed by atoms with E-state index in [9.17, 15) is 4.79 Å². The number of fused-ring (bicyclic) bond motifs is 1. The summed E-state index contributed by atoms with van der Waals surface area (Å²) in [5.41, 5.74) is 3.55. The quantitative estimate of drug-likeness (QED) is 0.900. The molecule has 1 aliphatic rings. The Hall–Kier alpha value is -2.29. The van der Waals surface area contributed by atoms with Crippen molar-refractivity contribution in [1.29, 1.82) is 0 Å². The average Bonchev–Trinajstić information content (AvgIpc) is 2.93. The van der Waals surface area contributed by atoms with E-state index in [4.69, 9.17) is 4.74 Å². The highest BCUT2D eigenvalue weighted by Gasteiger charge is 2.24. The van der Waals surface area contributed by atoms with Crippen LogP contribution in [-0.2, 0) is 11.2 Å². The van der Waals surface area contributed by atoms with Gasteiger partial charge in [0.1, 0.15) is 5.75 Å². The molecule has 1 amide bonds. The molecule has 0 heterocycles. The van der Waals surface area contributed by atoms with Gasteiger partial charge < -0.3 is 10.1 Å². The highest BCUT2D eigenvalue weighted by molar-refractivity contribution is 5.91. The van der Waals surface area contributed by atoms with Crippen LogP contribution in [0.5, 0.6) is 5.75 Å². The second-order valence-electron chi connectivity index (χ2n) is 5.64. The molecular formula is C19H21NO2. The van der Waals surface area contributed by atoms with Gasteiger partial charge in [-0.3, -0.25) is 4.79 Å². The van der Waals surface area contributed by atoms with Crippen LogP contribution < -0.4 is 10.1 Å². The Kier molecular flexibility index (Phi) is 4.42. The van der Waals surface area contributed by atoms with Crippen LogP contribution in [0.2, 0.25) is 0 Å². The smallest absolute Gasteiger partial charge is 0.224 e. The summed E-state index contributed by atoms with van der Waals surface area (Å²) >= 11 is 0. The van der Waals surface area contributed by atoms with Crippen molar-refractivity contribution in [3.63, 3.8) is 0 Å². The van der Waals surface area contributed by atoms with Gasteiger partial charge in [-0.05, 0) is 61.1 Å². The fraction of sp³-hybridized carbons (Fsp3) is 0.316. The Labute approximate surface area is 131 Å². The molecule has 0 spiro atoms. The number of hydrogen-bond donors (Lipinski definition) is 1. The topological polar surface area (TPSA) is 38.3 Å². The molecule has 0 fully saturated rings. The van der Waals surface area contributed by atoms with E-state index < -0.39 is 0 Å². The standard InChI is InChI=1S/C19H21NO2/c1-2-22-17-11-9-16(10-12-17)20-19(21)13-15-8-7-14-5-3-4-6-18(14)15/h3-6,9-12,15H,2,7-8,13H2,1H3,(H,20,21). The zero-order valence-electron chi connectivity index (χ0n) is 12.8. The number of hydrogen-bond acceptors (Lipinski definition) is 2. The minimum Gasteiger partial charge on any atom is -0.494 e. The van der Waals surface area contributed by atoms with Gasteiger partial charge in [0.2, 0.25) is 5.91 Å². The first kappa shape index (κ1) is 14.6. The lowest BCUT2D eigenvalue weighted by atomic mass is 9.97. The molecule has 3 nitrogen and oxygen atoms in total. The minimum atomic E-state index is 0.0749. The number of anilines is 1. The molecule has 0 radical (unpaired) electrons. The molecule has 1 unspecified atom stereocenters. The van der Waals surface area contributed by atoms with Crippen molar-refractivity contribution in [2.45, 2.75) is 32.1 Å². The molecule has 0 saturated heterocycles. The Morgan fingerprint density at radius 2 is 1.95 bits per heavy atom. The number of carbonyl (C=O) groups is 1. The zero-order chi connectivity index (χ0) is 15.4. The number of nitrogens with one attached hydrogen (secondary N) is 1. The number of rotatable bonds is 5. The Balaban J connectivity index is 1.59. The molecule has 2 aromatic rings. The molecule has 1 atom stereocenters. The summed E-state index contributed by atoms with van der Waals surface area (Å²) in [6.45, 7) is 2.60. The molecule has 2 aromatic carbocycles. The molecule has 114 valence electrons. The van der Waals surface area contributed by atoms with E-state index in [1.807, 2.05) is 31.2 Å². The van der Waals surface area contributed by atoms with E-state index in [2.05, 4.69) is 29.6 Å². The first-order valence-corrected chi connectivity index (χ1v) is 7.87. The van der Waals surface area contributed by atoms with Crippen LogP contribution >= 0.6 is 0 Å². The van der Waals surface area contributed by atoms with Gasteiger partial charge in [-0.2, -0.15) is 0 Å². The minimum absolute atomic E-state index is 0.0749. The summed E-state index contributed by atoms with van der Waals surface area (Å²) < 4.78 is 5.40. The normalized spacial score (nSPS) is 16.1. The third kappa shape index (κ3) is 3.30. The maximum absolute atomic E-state index is 12.2. The van der Waals surface area contributed by atoms with E-state index in [0.717, 1.165) is 24.3 Å². The van der Waals surface area contributed by atoms with Crippen molar-refractivity contribution in [3.05, 3.63) is 59.7 Å². The van der Waals surface area contributed by atoms with E-state index in [1.54, 1.807) is 0 Å². The second-order valence-corrected chi connectivity index (χ2v) is 5.64. The monoisotopic (exact) mass is 295 g/mol. The summed E-state index contributed by atoms with van der Waals surface area (Å²) in [5.74, 6) is 1.25. The molecule has 0 aromatic heterocycles. The maximum Gasteiger partial charge on any atom is 0.224 e. The number of aryl methyl sites for hydroxylation is 1. The van der Waals surface area contributed by atoms with Crippen molar-refractivity contribution in [2.75, 3.05) is 11.9 Å². The lowest BCUT2D eigenvalue weighted by molar-refractivity contribution is -0.116. The van der Waals surface area contributed by atoms with Crippen LogP contribution in [0, 0.1) is 0 Å². The summed E-state index contributed by atoms with van der Waals surface area (Å²) in [5, 5.41) is 2.97. The lowest BCUT2D eigenvalue weighted by Crippen LogP contribution is -2.14. The largest absolute Gasteiger partial charge is 0.494 e. The third-order valence-electron chi connectivity index (χ3n) is 4.14. The first-order valence-electron chi connectivity index (χ1n) is 7.87. The zero-order valence-corrected chi connectivity index (χ0v) is 12.8. The number of ether oxygens (including phenoxy) is 1. The molecule has 3 heteroatoms. The molecule has 1 aliphatic carbocycles. The van der Waals surface area contributed by atoms with Gasteiger partial charge in [-0.1, -0.05) is 24.3 Å². The summed E-state index contributed by atoms with van der Waals surface area (Å²) in [7, 11) is 0. The highest BCUT2D eigenvalue weighted by atomic mass is 16.5. The van der Waals surface area contributed by atoms with Crippen LogP contribution in [0.15, 0.2) is 48.5 Å². The molecule has 0 aliphatic heterocycles. The van der Waals surface area contributed by atoms with Crippen LogP contribution in [-0.4, -0.2) is 12.5 Å². The Morgan fingerprint density at radius 1 is 1.18 bits per heavy atom. The Morgan fingerprint density at radius 3 is 2.73 bits per heavy atom. The van der Waals surface area contributed by atoms with E-state index in [0.29, 0.717) is 18.9 Å². The number of amides is 1. The third-order valence-corrected chi connectivity index (χ3v) is 4.14.